The molecule has 3 rings (SSSR count). The maximum Gasteiger partial charge on any atom is 0.457 e. The molecule has 3 aliphatic rings. The highest BCUT2D eigenvalue weighted by molar-refractivity contribution is 6.45. The molecule has 0 aromatic heterocycles. The van der Waals surface area contributed by atoms with Crippen LogP contribution in [0.5, 0.6) is 0 Å². The Bertz CT molecular complexity index is 1230. The van der Waals surface area contributed by atoms with Crippen LogP contribution >= 0.6 is 0 Å². The number of likely N-dealkylation sites (tertiary alicyclic amines) is 1. The van der Waals surface area contributed by atoms with Crippen LogP contribution in [0.2, 0.25) is 12.6 Å². The van der Waals surface area contributed by atoms with Gasteiger partial charge in [0.15, 0.2) is 0 Å². The van der Waals surface area contributed by atoms with E-state index in [4.69, 9.17) is 33.9 Å². The van der Waals surface area contributed by atoms with Crippen molar-refractivity contribution < 1.29 is 74.7 Å². The molecule has 3 aliphatic heterocycles. The lowest BCUT2D eigenvalue weighted by molar-refractivity contribution is -0.147. The summed E-state index contributed by atoms with van der Waals surface area (Å²) in [7, 11) is -0.770. The molecule has 0 unspecified atom stereocenters. The van der Waals surface area contributed by atoms with E-state index >= 15 is 0 Å². The van der Waals surface area contributed by atoms with Gasteiger partial charge in [0.1, 0.15) is 17.7 Å². The van der Waals surface area contributed by atoms with E-state index in [1.807, 2.05) is 27.7 Å². The number of halogens is 6. The molecule has 6 atom stereocenters. The number of carboxylic acid groups (broad SMARTS) is 1. The zero-order chi connectivity index (χ0) is 41.4. The van der Waals surface area contributed by atoms with Gasteiger partial charge in [-0.25, -0.2) is 9.59 Å². The molecular weight excluding hydrogens is 736 g/mol. The van der Waals surface area contributed by atoms with E-state index in [0.717, 1.165) is 0 Å². The maximum absolute atomic E-state index is 12.9. The number of hydrogen-bond donors (Lipinski definition) is 6. The van der Waals surface area contributed by atoms with Crippen LogP contribution in [-0.2, 0) is 28.4 Å². The van der Waals surface area contributed by atoms with E-state index < -0.39 is 111 Å². The number of alkyl halides is 6. The number of ether oxygens (including phenoxy) is 2. The molecule has 0 aromatic carbocycles. The highest BCUT2D eigenvalue weighted by atomic mass is 19.4. The van der Waals surface area contributed by atoms with Gasteiger partial charge >= 0.3 is 44.6 Å². The predicted molar refractivity (Wildman–Crippen MR) is 185 cm³/mol. The first kappa shape index (κ1) is 47.8. The molecule has 1 amide bonds. The van der Waals surface area contributed by atoms with Gasteiger partial charge < -0.3 is 49.9 Å². The summed E-state index contributed by atoms with van der Waals surface area (Å²) in [6.07, 6.45) is -7.49. The topological polar surface area (TPSA) is 188 Å². The second-order valence-corrected chi connectivity index (χ2v) is 15.9. The molecule has 14 nitrogen and oxygen atoms in total. The number of carbonyl (C=O) groups excluding carboxylic acids is 2. The quantitative estimate of drug-likeness (QED) is 0.0857. The van der Waals surface area contributed by atoms with Gasteiger partial charge in [0, 0.05) is 37.0 Å². The fourth-order valence-corrected chi connectivity index (χ4v) is 6.70. The Balaban J connectivity index is 0.000000429. The van der Waals surface area contributed by atoms with Crippen LogP contribution < -0.4 is 16.0 Å². The Kier molecular flexibility index (Phi) is 17.0. The van der Waals surface area contributed by atoms with Gasteiger partial charge in [-0.3, -0.25) is 9.69 Å². The van der Waals surface area contributed by atoms with Crippen LogP contribution in [0.15, 0.2) is 0 Å². The summed E-state index contributed by atoms with van der Waals surface area (Å²) in [5.74, 6) is -2.93. The standard InChI is InChI=1S/C22H38BF3N2O6.C10H18BF3N2O4/c1-19(2,3)32-18(30)28-12-15(27-13-22(24,25)26)14(16(28)17(29)31-8)10-9-11-23-33-20(4,5)21(6,7)34-23;12-10(13,14)5-16-7-4-15-8(9(17)18)6(7)2-1-3-11(19)20/h14-16,27H,9-13H2,1-8H3;6-8,15-16,19-20H,1-5H2,(H,17,18)/t14-,15+,16+;6-,7+,8+/m11/s1. The molecule has 0 aliphatic carbocycles. The Morgan fingerprint density at radius 1 is 0.907 bits per heavy atom. The second kappa shape index (κ2) is 19.2. The molecule has 0 aromatic rings. The van der Waals surface area contributed by atoms with Crippen molar-refractivity contribution in [3.63, 3.8) is 0 Å². The van der Waals surface area contributed by atoms with E-state index in [1.54, 1.807) is 20.8 Å². The monoisotopic (exact) mass is 792 g/mol. The molecule has 312 valence electrons. The number of carboxylic acids is 1. The molecule has 54 heavy (non-hydrogen) atoms. The molecular formula is C32H56B2F6N4O10. The molecule has 3 heterocycles. The van der Waals surface area contributed by atoms with Crippen molar-refractivity contribution in [3.05, 3.63) is 0 Å². The first-order valence-electron chi connectivity index (χ1n) is 17.9. The van der Waals surface area contributed by atoms with Crippen LogP contribution in [0.3, 0.4) is 0 Å². The molecule has 3 fully saturated rings. The van der Waals surface area contributed by atoms with Gasteiger partial charge in [0.05, 0.1) is 31.4 Å². The van der Waals surface area contributed by atoms with Gasteiger partial charge in [-0.05, 0) is 73.9 Å². The largest absolute Gasteiger partial charge is 0.480 e. The number of amides is 1. The van der Waals surface area contributed by atoms with E-state index in [-0.39, 0.29) is 19.4 Å². The minimum atomic E-state index is -4.44. The summed E-state index contributed by atoms with van der Waals surface area (Å²) < 4.78 is 97.7. The van der Waals surface area contributed by atoms with E-state index in [0.29, 0.717) is 32.0 Å². The zero-order valence-corrected chi connectivity index (χ0v) is 32.1. The van der Waals surface area contributed by atoms with Crippen molar-refractivity contribution in [1.29, 1.82) is 0 Å². The second-order valence-electron chi connectivity index (χ2n) is 15.9. The van der Waals surface area contributed by atoms with Crippen LogP contribution in [0, 0.1) is 11.8 Å². The van der Waals surface area contributed by atoms with Crippen molar-refractivity contribution in [3.8, 4) is 0 Å². The number of nitrogens with one attached hydrogen (secondary N) is 3. The summed E-state index contributed by atoms with van der Waals surface area (Å²) in [6.45, 7) is 10.4. The van der Waals surface area contributed by atoms with Crippen molar-refractivity contribution in [2.24, 2.45) is 11.8 Å². The average Bonchev–Trinajstić information content (AvgIpc) is 3.64. The van der Waals surface area contributed by atoms with Crippen molar-refractivity contribution in [1.82, 2.24) is 20.9 Å². The Morgan fingerprint density at radius 2 is 1.43 bits per heavy atom. The van der Waals surface area contributed by atoms with Crippen molar-refractivity contribution in [2.75, 3.05) is 33.3 Å². The normalized spacial score (nSPS) is 26.7. The van der Waals surface area contributed by atoms with Crippen LogP contribution in [0.4, 0.5) is 31.1 Å². The van der Waals surface area contributed by atoms with Gasteiger partial charge in [0.2, 0.25) is 0 Å². The number of hydrogen-bond acceptors (Lipinski definition) is 12. The third kappa shape index (κ3) is 14.9. The lowest BCUT2D eigenvalue weighted by Gasteiger charge is -2.32. The molecule has 0 spiro atoms. The van der Waals surface area contributed by atoms with Gasteiger partial charge in [-0.15, -0.1) is 0 Å². The molecule has 0 saturated carbocycles. The van der Waals surface area contributed by atoms with Crippen molar-refractivity contribution >= 4 is 32.3 Å². The highest BCUT2D eigenvalue weighted by Gasteiger charge is 2.52. The predicted octanol–water partition coefficient (Wildman–Crippen LogP) is 3.22. The number of carbonyl (C=O) groups is 3. The number of aliphatic carboxylic acids is 1. The Hall–Kier alpha value is -2.36. The Morgan fingerprint density at radius 3 is 1.89 bits per heavy atom. The lowest BCUT2D eigenvalue weighted by Crippen LogP contribution is -2.46. The van der Waals surface area contributed by atoms with E-state index in [9.17, 15) is 40.7 Å². The number of nitrogens with zero attached hydrogens (tertiary/aromatic N) is 1. The van der Waals surface area contributed by atoms with Crippen LogP contribution in [0.1, 0.15) is 74.1 Å². The van der Waals surface area contributed by atoms with E-state index in [2.05, 4.69) is 16.0 Å². The number of methoxy groups -OCH3 is 1. The molecule has 6 N–H and O–H groups in total. The summed E-state index contributed by atoms with van der Waals surface area (Å²) in [6, 6.07) is -3.36. The van der Waals surface area contributed by atoms with Crippen LogP contribution in [0.25, 0.3) is 0 Å². The average molecular weight is 792 g/mol. The highest BCUT2D eigenvalue weighted by Crippen LogP contribution is 2.39. The fraction of sp³-hybridized carbons (Fsp3) is 0.906. The number of rotatable bonds is 14. The minimum absolute atomic E-state index is 0.0643. The smallest absolute Gasteiger partial charge is 0.457 e. The Labute approximate surface area is 313 Å². The summed E-state index contributed by atoms with van der Waals surface area (Å²) >= 11 is 0. The first-order chi connectivity index (χ1) is 24.6. The van der Waals surface area contributed by atoms with Crippen LogP contribution in [-0.4, -0.2) is 139 Å². The third-order valence-electron chi connectivity index (χ3n) is 9.90. The third-order valence-corrected chi connectivity index (χ3v) is 9.90. The summed E-state index contributed by atoms with van der Waals surface area (Å²) in [5, 5.41) is 34.0. The fourth-order valence-electron chi connectivity index (χ4n) is 6.70. The van der Waals surface area contributed by atoms with Gasteiger partial charge in [-0.1, -0.05) is 12.8 Å². The van der Waals surface area contributed by atoms with Gasteiger partial charge in [0.25, 0.3) is 0 Å². The molecule has 3 saturated heterocycles. The minimum Gasteiger partial charge on any atom is -0.480 e. The molecule has 0 bridgehead atoms. The molecule has 0 radical (unpaired) electrons. The zero-order valence-electron chi connectivity index (χ0n) is 32.1. The SMILES string of the molecule is COC(=O)[C@@H]1[C@H](CCCB2OC(C)(C)C(C)(C)O2)[C@@H](NCC(F)(F)F)CN1C(=O)OC(C)(C)C.O=C(O)[C@H]1NC[C@H](NCC(F)(F)F)[C@H]1CCCB(O)O. The number of esters is 1. The van der Waals surface area contributed by atoms with E-state index in [1.165, 1.54) is 12.0 Å². The van der Waals surface area contributed by atoms with Gasteiger partial charge in [-0.2, -0.15) is 26.3 Å². The van der Waals surface area contributed by atoms with Crippen molar-refractivity contribution in [2.45, 2.75) is 140 Å². The lowest BCUT2D eigenvalue weighted by atomic mass is 9.79. The first-order valence-corrected chi connectivity index (χ1v) is 17.9. The maximum atomic E-state index is 12.9. The molecule has 22 heteroatoms. The summed E-state index contributed by atoms with van der Waals surface area (Å²) in [5.41, 5.74) is -1.82. The summed E-state index contributed by atoms with van der Waals surface area (Å²) in [4.78, 5) is 37.7.